The number of carbonyl (C=O) groups is 2. The summed E-state index contributed by atoms with van der Waals surface area (Å²) in [4.78, 5) is 26.2. The first-order chi connectivity index (χ1) is 30.0. The van der Waals surface area contributed by atoms with E-state index in [1.165, 1.54) is 225 Å². The maximum atomic E-state index is 13.0. The highest BCUT2D eigenvalue weighted by molar-refractivity contribution is 7.80. The number of carbonyl (C=O) groups excluding carboxylic acids is 2. The van der Waals surface area contributed by atoms with Crippen molar-refractivity contribution in [3.63, 3.8) is 0 Å². The third-order valence-corrected chi connectivity index (χ3v) is 13.3. The van der Waals surface area contributed by atoms with Gasteiger partial charge in [0, 0.05) is 17.7 Å². The van der Waals surface area contributed by atoms with E-state index in [1.807, 2.05) is 0 Å². The lowest BCUT2D eigenvalue weighted by Crippen LogP contribution is -2.40. The molecule has 0 spiro atoms. The number of aliphatic hydroxyl groups excluding tert-OH is 1. The lowest BCUT2D eigenvalue weighted by Gasteiger charge is -2.24. The summed E-state index contributed by atoms with van der Waals surface area (Å²) >= 11 is 5.78. The average Bonchev–Trinajstić information content (AvgIpc) is 3.26. The Morgan fingerprint density at radius 3 is 0.869 bits per heavy atom. The molecule has 0 aromatic rings. The Balaban J connectivity index is 4.41. The van der Waals surface area contributed by atoms with E-state index >= 15 is 0 Å². The minimum Gasteiger partial charge on any atom is -0.463 e. The van der Waals surface area contributed by atoms with Gasteiger partial charge in [-0.3, -0.25) is 9.59 Å². The number of thiocarbonyl (C=S) groups is 1. The summed E-state index contributed by atoms with van der Waals surface area (Å²) in [6, 6.07) is 0. The zero-order chi connectivity index (χ0) is 44.5. The topological polar surface area (TPSA) is 72.8 Å². The van der Waals surface area contributed by atoms with Gasteiger partial charge in [-0.1, -0.05) is 290 Å². The summed E-state index contributed by atoms with van der Waals surface area (Å²) in [6.07, 6.45) is 54.3. The van der Waals surface area contributed by atoms with Gasteiger partial charge in [-0.05, 0) is 25.7 Å². The maximum absolute atomic E-state index is 13.0. The number of hydrogen-bond acceptors (Lipinski definition) is 6. The molecule has 2 unspecified atom stereocenters. The Labute approximate surface area is 386 Å². The Hall–Kier alpha value is -1.01. The maximum Gasteiger partial charge on any atom is 0.306 e. The van der Waals surface area contributed by atoms with Crippen molar-refractivity contribution in [3.8, 4) is 0 Å². The van der Waals surface area contributed by atoms with Gasteiger partial charge in [0.2, 0.25) is 0 Å². The van der Waals surface area contributed by atoms with Crippen LogP contribution in [-0.4, -0.2) is 40.7 Å². The van der Waals surface area contributed by atoms with Crippen molar-refractivity contribution in [1.29, 1.82) is 0 Å². The number of unbranched alkanes of at least 4 members (excludes halogenated alkanes) is 40. The van der Waals surface area contributed by atoms with Crippen LogP contribution in [0, 0.1) is 0 Å². The Kier molecular flexibility index (Phi) is 49.2. The normalized spacial score (nSPS) is 12.5. The molecule has 0 aliphatic carbocycles. The highest BCUT2D eigenvalue weighted by Gasteiger charge is 2.28. The first-order valence-corrected chi connectivity index (χ1v) is 27.9. The fraction of sp³-hybridized carbons (Fsp3) is 0.945. The predicted molar refractivity (Wildman–Crippen MR) is 269 cm³/mol. The zero-order valence-electron chi connectivity index (χ0n) is 41.4. The van der Waals surface area contributed by atoms with Crippen molar-refractivity contribution >= 4 is 29.0 Å². The smallest absolute Gasteiger partial charge is 0.306 e. The Morgan fingerprint density at radius 2 is 0.590 bits per heavy atom. The molecule has 0 fully saturated rings. The quantitative estimate of drug-likeness (QED) is 0.0373. The highest BCUT2D eigenvalue weighted by atomic mass is 32.1. The van der Waals surface area contributed by atoms with E-state index < -0.39 is 12.2 Å². The molecule has 6 heteroatoms. The van der Waals surface area contributed by atoms with Crippen LogP contribution < -0.4 is 0 Å². The molecular formula is C55H106O5S. The van der Waals surface area contributed by atoms with E-state index in [-0.39, 0.29) is 18.5 Å². The minimum atomic E-state index is -1.13. The largest absolute Gasteiger partial charge is 0.463 e. The Bertz CT molecular complexity index is 924. The van der Waals surface area contributed by atoms with E-state index in [1.54, 1.807) is 0 Å². The van der Waals surface area contributed by atoms with Gasteiger partial charge in [0.05, 0.1) is 0 Å². The van der Waals surface area contributed by atoms with Crippen molar-refractivity contribution in [2.45, 2.75) is 328 Å². The molecule has 61 heavy (non-hydrogen) atoms. The van der Waals surface area contributed by atoms with Gasteiger partial charge in [-0.15, -0.1) is 0 Å². The van der Waals surface area contributed by atoms with Crippen LogP contribution in [0.4, 0.5) is 0 Å². The van der Waals surface area contributed by atoms with Crippen molar-refractivity contribution in [3.05, 3.63) is 0 Å². The van der Waals surface area contributed by atoms with Crippen LogP contribution in [0.3, 0.4) is 0 Å². The fourth-order valence-corrected chi connectivity index (χ4v) is 8.99. The molecule has 0 amide bonds. The molecule has 362 valence electrons. The molecule has 0 aromatic carbocycles. The zero-order valence-corrected chi connectivity index (χ0v) is 42.2. The van der Waals surface area contributed by atoms with Crippen LogP contribution in [0.15, 0.2) is 0 Å². The number of rotatable bonds is 51. The summed E-state index contributed by atoms with van der Waals surface area (Å²) in [5, 5.41) is 11.1. The SMILES string of the molecule is CCCCCCCCCCCCCCCCCC(=O)OCC(O)C(OC(=O)CCCCCCCCCCCCCCCCC)C(=S)CCCCCCCCCCCCCCC. The first kappa shape index (κ1) is 60.0. The van der Waals surface area contributed by atoms with Crippen LogP contribution in [0.5, 0.6) is 0 Å². The van der Waals surface area contributed by atoms with Gasteiger partial charge >= 0.3 is 11.9 Å². The van der Waals surface area contributed by atoms with Gasteiger partial charge in [0.25, 0.3) is 0 Å². The standard InChI is InChI=1S/C55H106O5S/c1-4-7-10-13-16-19-22-25-27-30-33-36-39-42-45-48-53(57)59-50-51(56)55(52(61)47-44-41-38-35-32-29-24-21-18-15-12-9-6-3)60-54(58)49-46-43-40-37-34-31-28-26-23-20-17-14-11-8-5-2/h51,55-56H,4-50H2,1-3H3. The van der Waals surface area contributed by atoms with Gasteiger partial charge in [0.1, 0.15) is 12.7 Å². The number of hydrogen-bond donors (Lipinski definition) is 1. The number of ether oxygens (including phenoxy) is 2. The van der Waals surface area contributed by atoms with Gasteiger partial charge in [-0.2, -0.15) is 0 Å². The molecule has 0 heterocycles. The van der Waals surface area contributed by atoms with Gasteiger partial charge in [-0.25, -0.2) is 0 Å². The molecule has 5 nitrogen and oxygen atoms in total. The first-order valence-electron chi connectivity index (χ1n) is 27.5. The van der Waals surface area contributed by atoms with Gasteiger partial charge in [0.15, 0.2) is 6.10 Å². The predicted octanol–water partition coefficient (Wildman–Crippen LogP) is 18.2. The van der Waals surface area contributed by atoms with Crippen LogP contribution >= 0.6 is 12.2 Å². The van der Waals surface area contributed by atoms with Crippen molar-refractivity contribution in [1.82, 2.24) is 0 Å². The summed E-state index contributed by atoms with van der Waals surface area (Å²) in [5.41, 5.74) is 0. The molecule has 0 aromatic heterocycles. The van der Waals surface area contributed by atoms with E-state index in [9.17, 15) is 14.7 Å². The van der Waals surface area contributed by atoms with Crippen LogP contribution in [0.1, 0.15) is 316 Å². The summed E-state index contributed by atoms with van der Waals surface area (Å²) in [7, 11) is 0. The lowest BCUT2D eigenvalue weighted by atomic mass is 10.0. The third-order valence-electron chi connectivity index (χ3n) is 12.8. The van der Waals surface area contributed by atoms with Crippen LogP contribution in [-0.2, 0) is 19.1 Å². The molecule has 0 radical (unpaired) electrons. The summed E-state index contributed by atoms with van der Waals surface area (Å²) < 4.78 is 11.4. The van der Waals surface area contributed by atoms with Crippen molar-refractivity contribution in [2.75, 3.05) is 6.61 Å². The fourth-order valence-electron chi connectivity index (χ4n) is 8.64. The number of aliphatic hydroxyl groups is 1. The second kappa shape index (κ2) is 50.0. The Morgan fingerprint density at radius 1 is 0.361 bits per heavy atom. The molecule has 0 aliphatic rings. The van der Waals surface area contributed by atoms with Crippen LogP contribution in [0.2, 0.25) is 0 Å². The minimum absolute atomic E-state index is 0.187. The molecule has 1 N–H and O–H groups in total. The van der Waals surface area contributed by atoms with Crippen molar-refractivity contribution in [2.24, 2.45) is 0 Å². The second-order valence-electron chi connectivity index (χ2n) is 19.0. The van der Waals surface area contributed by atoms with Crippen LogP contribution in [0.25, 0.3) is 0 Å². The number of esters is 2. The molecule has 0 saturated carbocycles. The lowest BCUT2D eigenvalue weighted by molar-refractivity contribution is -0.156. The summed E-state index contributed by atoms with van der Waals surface area (Å²) in [6.45, 7) is 6.64. The van der Waals surface area contributed by atoms with E-state index in [0.717, 1.165) is 51.4 Å². The van der Waals surface area contributed by atoms with E-state index in [0.29, 0.717) is 24.1 Å². The van der Waals surface area contributed by atoms with E-state index in [4.69, 9.17) is 21.7 Å². The van der Waals surface area contributed by atoms with Crippen molar-refractivity contribution < 1.29 is 24.2 Å². The second-order valence-corrected chi connectivity index (χ2v) is 19.5. The highest BCUT2D eigenvalue weighted by Crippen LogP contribution is 2.19. The molecule has 2 atom stereocenters. The van der Waals surface area contributed by atoms with Gasteiger partial charge < -0.3 is 14.6 Å². The van der Waals surface area contributed by atoms with E-state index in [2.05, 4.69) is 20.8 Å². The molecule has 0 rings (SSSR count). The average molecular weight is 880 g/mol. The molecular weight excluding hydrogens is 773 g/mol. The monoisotopic (exact) mass is 879 g/mol. The molecule has 0 aliphatic heterocycles. The summed E-state index contributed by atoms with van der Waals surface area (Å²) in [5.74, 6) is -0.602. The third kappa shape index (κ3) is 45.4. The molecule has 0 saturated heterocycles. The molecule has 0 bridgehead atoms.